The van der Waals surface area contributed by atoms with E-state index in [-0.39, 0.29) is 4.90 Å². The van der Waals surface area contributed by atoms with Gasteiger partial charge in [-0.15, -0.1) is 0 Å². The lowest BCUT2D eigenvalue weighted by molar-refractivity contribution is 0.200. The van der Waals surface area contributed by atoms with E-state index in [0.717, 1.165) is 0 Å². The van der Waals surface area contributed by atoms with Crippen LogP contribution >= 0.6 is 0 Å². The fraction of sp³-hybridized carbons (Fsp3) is 0.143. The van der Waals surface area contributed by atoms with Crippen LogP contribution in [-0.2, 0) is 10.0 Å². The largest absolute Gasteiger partial charge is 0.389 e. The average molecular weight is 292 g/mol. The summed E-state index contributed by atoms with van der Waals surface area (Å²) in [5.74, 6) is 0. The lowest BCUT2D eigenvalue weighted by Gasteiger charge is -2.17. The molecule has 0 aliphatic carbocycles. The first kappa shape index (κ1) is 14.5. The van der Waals surface area contributed by atoms with Gasteiger partial charge >= 0.3 is 0 Å². The van der Waals surface area contributed by atoms with Crippen LogP contribution in [0.3, 0.4) is 0 Å². The molecule has 0 fully saturated rings. The Morgan fingerprint density at radius 1 is 1.10 bits per heavy atom. The molecule has 0 radical (unpaired) electrons. The van der Waals surface area contributed by atoms with Crippen LogP contribution in [0.25, 0.3) is 0 Å². The summed E-state index contributed by atoms with van der Waals surface area (Å²) in [7, 11) is -3.88. The fourth-order valence-corrected chi connectivity index (χ4v) is 2.65. The zero-order valence-corrected chi connectivity index (χ0v) is 11.8. The molecular formula is C14H16N2O3S. The number of aliphatic hydroxyl groups is 1. The number of aliphatic hydroxyl groups excluding tert-OH is 1. The zero-order valence-electron chi connectivity index (χ0n) is 10.9. The standard InChI is InChI=1S/C14H16N2O3S/c1-10(17)12-8-5-9-13(20(15,18)19)14(12)16-11-6-3-2-4-7-11/h2-10,16-17H,1H3,(H2,15,18,19). The van der Waals surface area contributed by atoms with Gasteiger partial charge in [0, 0.05) is 11.3 Å². The molecule has 0 aliphatic rings. The minimum absolute atomic E-state index is 0.0419. The van der Waals surface area contributed by atoms with Gasteiger partial charge in [0.25, 0.3) is 0 Å². The lowest BCUT2D eigenvalue weighted by Crippen LogP contribution is -2.15. The normalized spacial score (nSPS) is 12.9. The molecule has 106 valence electrons. The number of para-hydroxylation sites is 2. The lowest BCUT2D eigenvalue weighted by atomic mass is 10.1. The second kappa shape index (κ2) is 5.62. The van der Waals surface area contributed by atoms with E-state index in [1.807, 2.05) is 18.2 Å². The highest BCUT2D eigenvalue weighted by atomic mass is 32.2. The molecule has 6 heteroatoms. The number of benzene rings is 2. The van der Waals surface area contributed by atoms with E-state index in [1.54, 1.807) is 31.2 Å². The smallest absolute Gasteiger partial charge is 0.240 e. The second-order valence-electron chi connectivity index (χ2n) is 4.43. The van der Waals surface area contributed by atoms with E-state index in [9.17, 15) is 13.5 Å². The van der Waals surface area contributed by atoms with Crippen molar-refractivity contribution >= 4 is 21.4 Å². The van der Waals surface area contributed by atoms with Crippen LogP contribution in [0.5, 0.6) is 0 Å². The highest BCUT2D eigenvalue weighted by Gasteiger charge is 2.19. The van der Waals surface area contributed by atoms with Crippen molar-refractivity contribution in [2.75, 3.05) is 5.32 Å². The maximum Gasteiger partial charge on any atom is 0.240 e. The van der Waals surface area contributed by atoms with Crippen LogP contribution in [0.15, 0.2) is 53.4 Å². The molecule has 2 aromatic rings. The van der Waals surface area contributed by atoms with Crippen LogP contribution in [0, 0.1) is 0 Å². The topological polar surface area (TPSA) is 92.4 Å². The first-order valence-electron chi connectivity index (χ1n) is 6.05. The first-order chi connectivity index (χ1) is 9.39. The zero-order chi connectivity index (χ0) is 14.8. The Morgan fingerprint density at radius 2 is 1.75 bits per heavy atom. The number of rotatable bonds is 4. The molecule has 0 saturated heterocycles. The van der Waals surface area contributed by atoms with Gasteiger partial charge in [0.15, 0.2) is 0 Å². The van der Waals surface area contributed by atoms with Gasteiger partial charge in [0.2, 0.25) is 10.0 Å². The summed E-state index contributed by atoms with van der Waals surface area (Å²) < 4.78 is 23.3. The van der Waals surface area contributed by atoms with Gasteiger partial charge < -0.3 is 10.4 Å². The van der Waals surface area contributed by atoms with Gasteiger partial charge in [-0.1, -0.05) is 30.3 Å². The summed E-state index contributed by atoms with van der Waals surface area (Å²) in [6, 6.07) is 13.7. The first-order valence-corrected chi connectivity index (χ1v) is 7.60. The molecule has 0 heterocycles. The van der Waals surface area contributed by atoms with Crippen LogP contribution < -0.4 is 10.5 Å². The molecule has 1 unspecified atom stereocenters. The molecule has 2 rings (SSSR count). The Labute approximate surface area is 118 Å². The minimum atomic E-state index is -3.88. The molecule has 0 amide bonds. The number of hydrogen-bond acceptors (Lipinski definition) is 4. The van der Waals surface area contributed by atoms with E-state index < -0.39 is 16.1 Å². The van der Waals surface area contributed by atoms with Gasteiger partial charge in [-0.3, -0.25) is 0 Å². The Bertz CT molecular complexity index is 698. The Kier molecular flexibility index (Phi) is 4.08. The summed E-state index contributed by atoms with van der Waals surface area (Å²) in [6.07, 6.45) is -0.817. The summed E-state index contributed by atoms with van der Waals surface area (Å²) in [5.41, 5.74) is 1.49. The van der Waals surface area contributed by atoms with Gasteiger partial charge in [0.05, 0.1) is 11.8 Å². The number of primary sulfonamides is 1. The van der Waals surface area contributed by atoms with Crippen LogP contribution in [-0.4, -0.2) is 13.5 Å². The van der Waals surface area contributed by atoms with Crippen LogP contribution in [0.4, 0.5) is 11.4 Å². The molecule has 0 bridgehead atoms. The van der Waals surface area contributed by atoms with Crippen molar-refractivity contribution in [2.45, 2.75) is 17.9 Å². The third-order valence-electron chi connectivity index (χ3n) is 2.86. The molecule has 4 N–H and O–H groups in total. The van der Waals surface area contributed by atoms with E-state index in [2.05, 4.69) is 5.32 Å². The van der Waals surface area contributed by atoms with Crippen molar-refractivity contribution in [1.82, 2.24) is 0 Å². The van der Waals surface area contributed by atoms with Crippen LogP contribution in [0.2, 0.25) is 0 Å². The van der Waals surface area contributed by atoms with Gasteiger partial charge in [-0.2, -0.15) is 0 Å². The molecule has 20 heavy (non-hydrogen) atoms. The van der Waals surface area contributed by atoms with Crippen molar-refractivity contribution in [3.63, 3.8) is 0 Å². The summed E-state index contributed by atoms with van der Waals surface area (Å²) in [5, 5.41) is 18.0. The number of nitrogens with two attached hydrogens (primary N) is 1. The van der Waals surface area contributed by atoms with E-state index in [4.69, 9.17) is 5.14 Å². The summed E-state index contributed by atoms with van der Waals surface area (Å²) in [4.78, 5) is -0.0419. The van der Waals surface area contributed by atoms with Crippen molar-refractivity contribution in [3.05, 3.63) is 54.1 Å². The van der Waals surface area contributed by atoms with E-state index in [1.165, 1.54) is 6.07 Å². The third kappa shape index (κ3) is 3.16. The quantitative estimate of drug-likeness (QED) is 0.805. The predicted octanol–water partition coefficient (Wildman–Crippen LogP) is 2.13. The number of nitrogens with one attached hydrogen (secondary N) is 1. The molecule has 0 spiro atoms. The second-order valence-corrected chi connectivity index (χ2v) is 5.96. The summed E-state index contributed by atoms with van der Waals surface area (Å²) >= 11 is 0. The van der Waals surface area contributed by atoms with Crippen molar-refractivity contribution < 1.29 is 13.5 Å². The van der Waals surface area contributed by atoms with Crippen molar-refractivity contribution in [3.8, 4) is 0 Å². The molecule has 0 aliphatic heterocycles. The molecule has 0 aromatic heterocycles. The monoisotopic (exact) mass is 292 g/mol. The van der Waals surface area contributed by atoms with Crippen molar-refractivity contribution in [1.29, 1.82) is 0 Å². The maximum atomic E-state index is 11.7. The van der Waals surface area contributed by atoms with Crippen molar-refractivity contribution in [2.24, 2.45) is 5.14 Å². The third-order valence-corrected chi connectivity index (χ3v) is 3.81. The molecule has 0 saturated carbocycles. The van der Waals surface area contributed by atoms with Gasteiger partial charge in [0.1, 0.15) is 4.90 Å². The minimum Gasteiger partial charge on any atom is -0.389 e. The summed E-state index contributed by atoms with van der Waals surface area (Å²) in [6.45, 7) is 1.57. The Balaban J connectivity index is 2.59. The number of anilines is 2. The van der Waals surface area contributed by atoms with E-state index >= 15 is 0 Å². The van der Waals surface area contributed by atoms with E-state index in [0.29, 0.717) is 16.9 Å². The highest BCUT2D eigenvalue weighted by Crippen LogP contribution is 2.31. The highest BCUT2D eigenvalue weighted by molar-refractivity contribution is 7.89. The fourth-order valence-electron chi connectivity index (χ4n) is 1.93. The number of hydrogen-bond donors (Lipinski definition) is 3. The average Bonchev–Trinajstić information content (AvgIpc) is 2.38. The predicted molar refractivity (Wildman–Crippen MR) is 78.2 cm³/mol. The SMILES string of the molecule is CC(O)c1cccc(S(N)(=O)=O)c1Nc1ccccc1. The molecule has 5 nitrogen and oxygen atoms in total. The molecular weight excluding hydrogens is 276 g/mol. The van der Waals surface area contributed by atoms with Gasteiger partial charge in [-0.05, 0) is 25.1 Å². The Morgan fingerprint density at radius 3 is 2.30 bits per heavy atom. The van der Waals surface area contributed by atoms with Crippen LogP contribution in [0.1, 0.15) is 18.6 Å². The molecule has 1 atom stereocenters. The number of sulfonamides is 1. The molecule has 2 aromatic carbocycles. The maximum absolute atomic E-state index is 11.7. The Hall–Kier alpha value is -1.89. The van der Waals surface area contributed by atoms with Gasteiger partial charge in [-0.25, -0.2) is 13.6 Å².